The number of fused-ring (bicyclic) bond motifs is 1. The summed E-state index contributed by atoms with van der Waals surface area (Å²) in [6, 6.07) is 5.45. The molecule has 0 aliphatic heterocycles. The number of carboxylic acid groups (broad SMARTS) is 1. The number of ether oxygens (including phenoxy) is 1. The average molecular weight is 361 g/mol. The Morgan fingerprint density at radius 2 is 2.08 bits per heavy atom. The molecule has 0 aliphatic carbocycles. The first-order valence-corrected chi connectivity index (χ1v) is 8.20. The number of carboxylic acids is 1. The highest BCUT2D eigenvalue weighted by Crippen LogP contribution is 2.34. The van der Waals surface area contributed by atoms with Gasteiger partial charge in [0.25, 0.3) is 0 Å². The molecule has 2 aromatic heterocycles. The molecule has 8 heteroatoms. The molecule has 3 rings (SSSR count). The minimum atomic E-state index is -1.14. The third-order valence-electron chi connectivity index (χ3n) is 3.83. The van der Waals surface area contributed by atoms with Gasteiger partial charge in [0.2, 0.25) is 0 Å². The fourth-order valence-corrected chi connectivity index (χ4v) is 2.80. The Morgan fingerprint density at radius 3 is 2.76 bits per heavy atom. The third kappa shape index (κ3) is 3.02. The van der Waals surface area contributed by atoms with Crippen LogP contribution in [0.3, 0.4) is 0 Å². The average Bonchev–Trinajstić information content (AvgIpc) is 2.91. The summed E-state index contributed by atoms with van der Waals surface area (Å²) in [4.78, 5) is 11.2. The van der Waals surface area contributed by atoms with E-state index < -0.39 is 5.97 Å². The van der Waals surface area contributed by atoms with E-state index in [1.54, 1.807) is 13.0 Å². The molecule has 130 valence electrons. The normalized spacial score (nSPS) is 11.0. The van der Waals surface area contributed by atoms with Gasteiger partial charge in [0.15, 0.2) is 11.3 Å². The Balaban J connectivity index is 2.18. The second-order valence-corrected chi connectivity index (χ2v) is 6.04. The highest BCUT2D eigenvalue weighted by molar-refractivity contribution is 6.32. The zero-order valence-electron chi connectivity index (χ0n) is 14.1. The van der Waals surface area contributed by atoms with E-state index in [9.17, 15) is 9.90 Å². The topological polar surface area (TPSA) is 89.6 Å². The molecule has 25 heavy (non-hydrogen) atoms. The van der Waals surface area contributed by atoms with Gasteiger partial charge >= 0.3 is 5.97 Å². The molecule has 0 aliphatic rings. The van der Waals surface area contributed by atoms with Gasteiger partial charge in [-0.2, -0.15) is 5.10 Å². The van der Waals surface area contributed by atoms with Crippen molar-refractivity contribution in [3.63, 3.8) is 0 Å². The fraction of sp³-hybridized carbons (Fsp3) is 0.294. The molecule has 1 aromatic carbocycles. The molecule has 0 amide bonds. The highest BCUT2D eigenvalue weighted by Gasteiger charge is 2.20. The number of hydrogen-bond donors (Lipinski definition) is 1. The Morgan fingerprint density at radius 1 is 1.32 bits per heavy atom. The molecule has 7 nitrogen and oxygen atoms in total. The molecule has 0 saturated heterocycles. The van der Waals surface area contributed by atoms with E-state index in [0.717, 1.165) is 17.5 Å². The van der Waals surface area contributed by atoms with Crippen molar-refractivity contribution in [2.75, 3.05) is 6.61 Å². The number of nitrogens with zero attached hydrogens (tertiary/aromatic N) is 4. The first kappa shape index (κ1) is 17.2. The standard InChI is InChI=1S/C17H17ClN4O3/c1-4-7-25-13-8-11(5-6-12(13)18)14-9(2)21-22-10(3)15(17(23)24)19-20-16(14)22/h5-6,8H,4,7H2,1-3H3,(H,23,24). The van der Waals surface area contributed by atoms with Gasteiger partial charge in [-0.3, -0.25) is 0 Å². The summed E-state index contributed by atoms with van der Waals surface area (Å²) in [5, 5.41) is 22.0. The van der Waals surface area contributed by atoms with Gasteiger partial charge in [-0.25, -0.2) is 9.31 Å². The van der Waals surface area contributed by atoms with Gasteiger partial charge < -0.3 is 9.84 Å². The zero-order valence-corrected chi connectivity index (χ0v) is 14.8. The number of benzene rings is 1. The summed E-state index contributed by atoms with van der Waals surface area (Å²) in [5.74, 6) is -0.546. The predicted octanol–water partition coefficient (Wildman–Crippen LogP) is 3.55. The number of aromatic carboxylic acids is 1. The third-order valence-corrected chi connectivity index (χ3v) is 4.14. The van der Waals surface area contributed by atoms with Crippen molar-refractivity contribution in [2.45, 2.75) is 27.2 Å². The lowest BCUT2D eigenvalue weighted by Crippen LogP contribution is -2.10. The van der Waals surface area contributed by atoms with E-state index >= 15 is 0 Å². The Labute approximate surface area is 149 Å². The number of carbonyl (C=O) groups is 1. The first-order valence-electron chi connectivity index (χ1n) is 7.82. The van der Waals surface area contributed by atoms with Crippen LogP contribution in [0, 0.1) is 13.8 Å². The van der Waals surface area contributed by atoms with Gasteiger partial charge in [0.1, 0.15) is 5.75 Å². The smallest absolute Gasteiger partial charge is 0.358 e. The van der Waals surface area contributed by atoms with E-state index in [4.69, 9.17) is 16.3 Å². The van der Waals surface area contributed by atoms with E-state index in [1.807, 2.05) is 26.0 Å². The van der Waals surface area contributed by atoms with Gasteiger partial charge in [0, 0.05) is 0 Å². The summed E-state index contributed by atoms with van der Waals surface area (Å²) in [6.45, 7) is 6.08. The highest BCUT2D eigenvalue weighted by atomic mass is 35.5. The molecule has 0 atom stereocenters. The number of hydrogen-bond acceptors (Lipinski definition) is 5. The van der Waals surface area contributed by atoms with Crippen LogP contribution < -0.4 is 4.74 Å². The van der Waals surface area contributed by atoms with E-state index in [1.165, 1.54) is 4.52 Å². The van der Waals surface area contributed by atoms with Crippen molar-refractivity contribution in [3.05, 3.63) is 40.3 Å². The summed E-state index contributed by atoms with van der Waals surface area (Å²) in [6.07, 6.45) is 0.874. The minimum absolute atomic E-state index is 0.121. The number of halogens is 1. The SMILES string of the molecule is CCCOc1cc(-c2c(C)nn3c(C)c(C(=O)O)nnc23)ccc1Cl. The lowest BCUT2D eigenvalue weighted by molar-refractivity contribution is 0.0687. The van der Waals surface area contributed by atoms with Crippen LogP contribution in [-0.4, -0.2) is 37.5 Å². The molecule has 0 spiro atoms. The molecule has 0 fully saturated rings. The van der Waals surface area contributed by atoms with Crippen LogP contribution >= 0.6 is 11.6 Å². The van der Waals surface area contributed by atoms with Gasteiger partial charge in [-0.15, -0.1) is 10.2 Å². The lowest BCUT2D eigenvalue weighted by atomic mass is 10.1. The van der Waals surface area contributed by atoms with Crippen molar-refractivity contribution < 1.29 is 14.6 Å². The Kier molecular flexibility index (Phi) is 4.59. The Hall–Kier alpha value is -2.67. The van der Waals surface area contributed by atoms with E-state index in [-0.39, 0.29) is 5.69 Å². The summed E-state index contributed by atoms with van der Waals surface area (Å²) >= 11 is 6.19. The molecule has 0 bridgehead atoms. The summed E-state index contributed by atoms with van der Waals surface area (Å²) < 4.78 is 7.18. The second kappa shape index (κ2) is 6.68. The quantitative estimate of drug-likeness (QED) is 0.748. The predicted molar refractivity (Wildman–Crippen MR) is 93.4 cm³/mol. The van der Waals surface area contributed by atoms with Crippen molar-refractivity contribution >= 4 is 23.2 Å². The molecule has 0 radical (unpaired) electrons. The summed E-state index contributed by atoms with van der Waals surface area (Å²) in [5.41, 5.74) is 3.10. The molecule has 0 saturated carbocycles. The zero-order chi connectivity index (χ0) is 18.1. The maximum Gasteiger partial charge on any atom is 0.358 e. The summed E-state index contributed by atoms with van der Waals surface area (Å²) in [7, 11) is 0. The van der Waals surface area contributed by atoms with Crippen LogP contribution in [0.4, 0.5) is 0 Å². The molecule has 0 unspecified atom stereocenters. The van der Waals surface area contributed by atoms with Crippen LogP contribution in [0.25, 0.3) is 16.8 Å². The van der Waals surface area contributed by atoms with Crippen molar-refractivity contribution in [2.24, 2.45) is 0 Å². The maximum atomic E-state index is 11.2. The van der Waals surface area contributed by atoms with E-state index in [0.29, 0.717) is 34.4 Å². The monoisotopic (exact) mass is 360 g/mol. The van der Waals surface area contributed by atoms with Crippen LogP contribution in [-0.2, 0) is 0 Å². The molecule has 2 heterocycles. The number of rotatable bonds is 5. The molecular weight excluding hydrogens is 344 g/mol. The maximum absolute atomic E-state index is 11.2. The van der Waals surface area contributed by atoms with Crippen LogP contribution in [0.5, 0.6) is 5.75 Å². The van der Waals surface area contributed by atoms with Crippen LogP contribution in [0.15, 0.2) is 18.2 Å². The van der Waals surface area contributed by atoms with Gasteiger partial charge in [-0.1, -0.05) is 24.6 Å². The fourth-order valence-electron chi connectivity index (χ4n) is 2.63. The largest absolute Gasteiger partial charge is 0.492 e. The second-order valence-electron chi connectivity index (χ2n) is 5.63. The van der Waals surface area contributed by atoms with E-state index in [2.05, 4.69) is 15.3 Å². The molecule has 3 aromatic rings. The lowest BCUT2D eigenvalue weighted by Gasteiger charge is -2.09. The van der Waals surface area contributed by atoms with Gasteiger partial charge in [-0.05, 0) is 38.0 Å². The van der Waals surface area contributed by atoms with Crippen molar-refractivity contribution in [3.8, 4) is 16.9 Å². The first-order chi connectivity index (χ1) is 11.9. The number of aromatic nitrogens is 4. The minimum Gasteiger partial charge on any atom is -0.492 e. The Bertz CT molecular complexity index is 968. The van der Waals surface area contributed by atoms with Crippen molar-refractivity contribution in [1.82, 2.24) is 19.8 Å². The van der Waals surface area contributed by atoms with Crippen molar-refractivity contribution in [1.29, 1.82) is 0 Å². The van der Waals surface area contributed by atoms with Crippen LogP contribution in [0.1, 0.15) is 35.2 Å². The number of aryl methyl sites for hydroxylation is 2. The molecule has 1 N–H and O–H groups in total. The van der Waals surface area contributed by atoms with Gasteiger partial charge in [0.05, 0.1) is 28.6 Å². The van der Waals surface area contributed by atoms with Crippen LogP contribution in [0.2, 0.25) is 5.02 Å². The molecular formula is C17H17ClN4O3.